The summed E-state index contributed by atoms with van der Waals surface area (Å²) in [6, 6.07) is 0. The Kier molecular flexibility index (Phi) is 4.60. The first kappa shape index (κ1) is 13.0. The quantitative estimate of drug-likeness (QED) is 0.680. The Balaban J connectivity index is 2.20. The molecule has 15 heavy (non-hydrogen) atoms. The average molecular weight is 212 g/mol. The van der Waals surface area contributed by atoms with Crippen molar-refractivity contribution in [1.82, 2.24) is 5.32 Å². The molecule has 90 valence electrons. The van der Waals surface area contributed by atoms with E-state index in [4.69, 9.17) is 5.73 Å². The third-order valence-electron chi connectivity index (χ3n) is 3.88. The first-order chi connectivity index (χ1) is 7.04. The summed E-state index contributed by atoms with van der Waals surface area (Å²) in [7, 11) is 0. The second-order valence-corrected chi connectivity index (χ2v) is 6.08. The Hall–Kier alpha value is -0.0800. The van der Waals surface area contributed by atoms with Gasteiger partial charge in [-0.15, -0.1) is 0 Å². The summed E-state index contributed by atoms with van der Waals surface area (Å²) >= 11 is 0. The topological polar surface area (TPSA) is 38.0 Å². The van der Waals surface area contributed by atoms with E-state index in [1.807, 2.05) is 0 Å². The van der Waals surface area contributed by atoms with Crippen LogP contribution in [0.4, 0.5) is 0 Å². The third-order valence-corrected chi connectivity index (χ3v) is 3.88. The van der Waals surface area contributed by atoms with E-state index in [2.05, 4.69) is 26.1 Å². The standard InChI is InChI=1S/C13H28N2/c1-4-6-12(2,3)10-15-11-13(9-14)7-5-8-13/h15H,4-11,14H2,1-3H3. The molecule has 0 bridgehead atoms. The molecule has 1 fully saturated rings. The Morgan fingerprint density at radius 3 is 2.40 bits per heavy atom. The molecule has 2 heteroatoms. The van der Waals surface area contributed by atoms with Crippen molar-refractivity contribution in [3.8, 4) is 0 Å². The molecular formula is C13H28N2. The first-order valence-electron chi connectivity index (χ1n) is 6.44. The lowest BCUT2D eigenvalue weighted by Crippen LogP contribution is -2.47. The van der Waals surface area contributed by atoms with E-state index in [-0.39, 0.29) is 0 Å². The molecule has 1 saturated carbocycles. The summed E-state index contributed by atoms with van der Waals surface area (Å²) in [4.78, 5) is 0. The number of hydrogen-bond donors (Lipinski definition) is 2. The van der Waals surface area contributed by atoms with Gasteiger partial charge in [-0.05, 0) is 36.6 Å². The highest BCUT2D eigenvalue weighted by atomic mass is 14.9. The minimum atomic E-state index is 0.439. The van der Waals surface area contributed by atoms with Crippen LogP contribution in [-0.2, 0) is 0 Å². The van der Waals surface area contributed by atoms with Crippen LogP contribution in [0.15, 0.2) is 0 Å². The SMILES string of the molecule is CCCC(C)(C)CNCC1(CN)CCC1. The second-order valence-electron chi connectivity index (χ2n) is 6.08. The largest absolute Gasteiger partial charge is 0.330 e. The van der Waals surface area contributed by atoms with Crippen molar-refractivity contribution in [2.75, 3.05) is 19.6 Å². The van der Waals surface area contributed by atoms with E-state index in [0.717, 1.165) is 19.6 Å². The predicted octanol–water partition coefficient (Wildman–Crippen LogP) is 2.53. The molecule has 1 rings (SSSR count). The fourth-order valence-corrected chi connectivity index (χ4v) is 2.56. The summed E-state index contributed by atoms with van der Waals surface area (Å²) in [5, 5.41) is 3.62. The number of hydrogen-bond acceptors (Lipinski definition) is 2. The summed E-state index contributed by atoms with van der Waals surface area (Å²) in [5.41, 5.74) is 6.72. The fraction of sp³-hybridized carbons (Fsp3) is 1.00. The lowest BCUT2D eigenvalue weighted by atomic mass is 9.68. The Labute approximate surface area is 95.0 Å². The summed E-state index contributed by atoms with van der Waals surface area (Å²) in [5.74, 6) is 0. The third kappa shape index (κ3) is 3.76. The monoisotopic (exact) mass is 212 g/mol. The van der Waals surface area contributed by atoms with Gasteiger partial charge >= 0.3 is 0 Å². The van der Waals surface area contributed by atoms with Crippen LogP contribution in [-0.4, -0.2) is 19.6 Å². The minimum absolute atomic E-state index is 0.439. The molecule has 0 radical (unpaired) electrons. The van der Waals surface area contributed by atoms with Crippen LogP contribution in [0.2, 0.25) is 0 Å². The zero-order chi connectivity index (χ0) is 11.4. The second kappa shape index (κ2) is 5.31. The van der Waals surface area contributed by atoms with Crippen molar-refractivity contribution in [2.24, 2.45) is 16.6 Å². The van der Waals surface area contributed by atoms with Gasteiger partial charge in [0, 0.05) is 13.1 Å². The van der Waals surface area contributed by atoms with Crippen LogP contribution in [0.25, 0.3) is 0 Å². The molecule has 0 spiro atoms. The summed E-state index contributed by atoms with van der Waals surface area (Å²) in [6.07, 6.45) is 6.60. The van der Waals surface area contributed by atoms with Gasteiger partial charge in [-0.2, -0.15) is 0 Å². The van der Waals surface area contributed by atoms with Gasteiger partial charge in [0.2, 0.25) is 0 Å². The predicted molar refractivity (Wildman–Crippen MR) is 66.9 cm³/mol. The van der Waals surface area contributed by atoms with Crippen molar-refractivity contribution in [3.05, 3.63) is 0 Å². The first-order valence-corrected chi connectivity index (χ1v) is 6.44. The molecule has 0 saturated heterocycles. The molecule has 0 unspecified atom stereocenters. The van der Waals surface area contributed by atoms with Crippen LogP contribution in [0.1, 0.15) is 52.9 Å². The van der Waals surface area contributed by atoms with E-state index in [9.17, 15) is 0 Å². The van der Waals surface area contributed by atoms with Crippen molar-refractivity contribution < 1.29 is 0 Å². The van der Waals surface area contributed by atoms with Crippen LogP contribution in [0.3, 0.4) is 0 Å². The Bertz CT molecular complexity index is 177. The lowest BCUT2D eigenvalue weighted by Gasteiger charge is -2.42. The van der Waals surface area contributed by atoms with E-state index < -0.39 is 0 Å². The van der Waals surface area contributed by atoms with Gasteiger partial charge in [0.15, 0.2) is 0 Å². The molecule has 2 nitrogen and oxygen atoms in total. The molecule has 1 aliphatic rings. The van der Waals surface area contributed by atoms with Gasteiger partial charge in [0.25, 0.3) is 0 Å². The zero-order valence-corrected chi connectivity index (χ0v) is 10.7. The van der Waals surface area contributed by atoms with Crippen LogP contribution in [0, 0.1) is 10.8 Å². The smallest absolute Gasteiger partial charge is 0.00201 e. The maximum Gasteiger partial charge on any atom is 0.00201 e. The van der Waals surface area contributed by atoms with E-state index in [1.165, 1.54) is 32.1 Å². The molecule has 0 atom stereocenters. The lowest BCUT2D eigenvalue weighted by molar-refractivity contribution is 0.134. The molecule has 0 aliphatic heterocycles. The van der Waals surface area contributed by atoms with Crippen molar-refractivity contribution in [3.63, 3.8) is 0 Å². The Morgan fingerprint density at radius 2 is 2.00 bits per heavy atom. The van der Waals surface area contributed by atoms with Crippen molar-refractivity contribution in [1.29, 1.82) is 0 Å². The number of nitrogens with one attached hydrogen (secondary N) is 1. The highest BCUT2D eigenvalue weighted by Crippen LogP contribution is 2.39. The van der Waals surface area contributed by atoms with Crippen molar-refractivity contribution >= 4 is 0 Å². The van der Waals surface area contributed by atoms with Crippen LogP contribution in [0.5, 0.6) is 0 Å². The molecule has 0 heterocycles. The van der Waals surface area contributed by atoms with Crippen LogP contribution >= 0.6 is 0 Å². The van der Waals surface area contributed by atoms with E-state index in [0.29, 0.717) is 10.8 Å². The van der Waals surface area contributed by atoms with E-state index in [1.54, 1.807) is 0 Å². The van der Waals surface area contributed by atoms with E-state index >= 15 is 0 Å². The Morgan fingerprint density at radius 1 is 1.33 bits per heavy atom. The van der Waals surface area contributed by atoms with Gasteiger partial charge in [-0.25, -0.2) is 0 Å². The molecule has 0 amide bonds. The van der Waals surface area contributed by atoms with Crippen molar-refractivity contribution in [2.45, 2.75) is 52.9 Å². The summed E-state index contributed by atoms with van der Waals surface area (Å²) < 4.78 is 0. The zero-order valence-electron chi connectivity index (χ0n) is 10.7. The van der Waals surface area contributed by atoms with Crippen LogP contribution < -0.4 is 11.1 Å². The molecule has 0 aromatic carbocycles. The highest BCUT2D eigenvalue weighted by Gasteiger charge is 2.35. The number of rotatable bonds is 7. The maximum absolute atomic E-state index is 5.84. The normalized spacial score (nSPS) is 20.0. The van der Waals surface area contributed by atoms with Gasteiger partial charge in [-0.3, -0.25) is 0 Å². The maximum atomic E-state index is 5.84. The molecule has 3 N–H and O–H groups in total. The average Bonchev–Trinajstić information content (AvgIpc) is 2.09. The summed E-state index contributed by atoms with van der Waals surface area (Å²) in [6.45, 7) is 10.1. The minimum Gasteiger partial charge on any atom is -0.330 e. The van der Waals surface area contributed by atoms with Gasteiger partial charge < -0.3 is 11.1 Å². The molecule has 0 aromatic rings. The molecule has 0 aromatic heterocycles. The van der Waals surface area contributed by atoms with Gasteiger partial charge in [-0.1, -0.05) is 33.6 Å². The molecule has 1 aliphatic carbocycles. The van der Waals surface area contributed by atoms with Gasteiger partial charge in [0.1, 0.15) is 0 Å². The molecular weight excluding hydrogens is 184 g/mol. The fourth-order valence-electron chi connectivity index (χ4n) is 2.56. The number of nitrogens with two attached hydrogens (primary N) is 1. The van der Waals surface area contributed by atoms with Gasteiger partial charge in [0.05, 0.1) is 0 Å². The highest BCUT2D eigenvalue weighted by molar-refractivity contribution is 4.90.